The first-order valence-corrected chi connectivity index (χ1v) is 9.19. The molecule has 1 saturated heterocycles. The van der Waals surface area contributed by atoms with Gasteiger partial charge in [-0.1, -0.05) is 12.1 Å². The molecule has 2 aromatic carbocycles. The minimum atomic E-state index is -0.430. The fourth-order valence-corrected chi connectivity index (χ4v) is 3.56. The standard InChI is InChI=1S/C21H21FN4O2/c1-13-5-4-6-17(22)20(13)14-9-15-12-24-19(23)11-16(15)18(10-14)25-28-21(27)26-7-2-3-8-26/h4-6,9-12,25H,2-3,7-8H2,1H3,(H2,23,24). The van der Waals surface area contributed by atoms with Crippen LogP contribution in [0.4, 0.5) is 20.7 Å². The van der Waals surface area contributed by atoms with Crippen molar-refractivity contribution >= 4 is 28.4 Å². The van der Waals surface area contributed by atoms with Crippen LogP contribution >= 0.6 is 0 Å². The third kappa shape index (κ3) is 3.43. The Hall–Kier alpha value is -3.35. The van der Waals surface area contributed by atoms with Gasteiger partial charge >= 0.3 is 6.09 Å². The Morgan fingerprint density at radius 2 is 2.04 bits per heavy atom. The van der Waals surface area contributed by atoms with Crippen molar-refractivity contribution in [3.8, 4) is 11.1 Å². The second-order valence-electron chi connectivity index (χ2n) is 6.95. The van der Waals surface area contributed by atoms with Gasteiger partial charge in [-0.05, 0) is 55.2 Å². The topological polar surface area (TPSA) is 80.5 Å². The number of fused-ring (bicyclic) bond motifs is 1. The van der Waals surface area contributed by atoms with E-state index >= 15 is 0 Å². The number of carbonyl (C=O) groups excluding carboxylic acids is 1. The van der Waals surface area contributed by atoms with Gasteiger partial charge in [0, 0.05) is 35.6 Å². The van der Waals surface area contributed by atoms with Crippen LogP contribution in [0.5, 0.6) is 0 Å². The second kappa shape index (κ2) is 7.34. The molecule has 3 aromatic rings. The van der Waals surface area contributed by atoms with Crippen LogP contribution in [0.15, 0.2) is 42.6 Å². The van der Waals surface area contributed by atoms with Crippen LogP contribution in [-0.2, 0) is 4.84 Å². The molecular weight excluding hydrogens is 359 g/mol. The summed E-state index contributed by atoms with van der Waals surface area (Å²) in [6.07, 6.45) is 3.14. The number of amides is 1. The van der Waals surface area contributed by atoms with Crippen molar-refractivity contribution in [3.63, 3.8) is 0 Å². The van der Waals surface area contributed by atoms with Crippen molar-refractivity contribution in [1.29, 1.82) is 0 Å². The lowest BCUT2D eigenvalue weighted by atomic mass is 9.97. The highest BCUT2D eigenvalue weighted by molar-refractivity contribution is 5.98. The number of pyridine rings is 1. The zero-order valence-electron chi connectivity index (χ0n) is 15.5. The summed E-state index contributed by atoms with van der Waals surface area (Å²) in [5.41, 5.74) is 11.1. The highest BCUT2D eigenvalue weighted by atomic mass is 19.1. The number of nitrogen functional groups attached to an aromatic ring is 1. The molecule has 144 valence electrons. The first kappa shape index (κ1) is 18.0. The summed E-state index contributed by atoms with van der Waals surface area (Å²) < 4.78 is 14.5. The normalized spacial score (nSPS) is 13.7. The van der Waals surface area contributed by atoms with E-state index in [1.165, 1.54) is 6.07 Å². The van der Waals surface area contributed by atoms with E-state index in [0.29, 0.717) is 35.7 Å². The number of nitrogens with zero attached hydrogens (tertiary/aromatic N) is 2. The summed E-state index contributed by atoms with van der Waals surface area (Å²) in [6, 6.07) is 10.2. The Balaban J connectivity index is 1.75. The Morgan fingerprint density at radius 3 is 2.79 bits per heavy atom. The monoisotopic (exact) mass is 380 g/mol. The highest BCUT2D eigenvalue weighted by Crippen LogP contribution is 2.34. The van der Waals surface area contributed by atoms with Gasteiger partial charge in [0.25, 0.3) is 0 Å². The Morgan fingerprint density at radius 1 is 1.25 bits per heavy atom. The number of hydrogen-bond acceptors (Lipinski definition) is 5. The predicted octanol–water partition coefficient (Wildman–Crippen LogP) is 4.49. The maximum absolute atomic E-state index is 14.5. The van der Waals surface area contributed by atoms with E-state index in [1.807, 2.05) is 19.1 Å². The summed E-state index contributed by atoms with van der Waals surface area (Å²) >= 11 is 0. The molecule has 0 aliphatic carbocycles. The van der Waals surface area contributed by atoms with E-state index in [0.717, 1.165) is 29.2 Å². The van der Waals surface area contributed by atoms with Gasteiger partial charge in [-0.25, -0.2) is 19.6 Å². The highest BCUT2D eigenvalue weighted by Gasteiger charge is 2.20. The molecule has 6 nitrogen and oxygen atoms in total. The maximum atomic E-state index is 14.5. The van der Waals surface area contributed by atoms with Gasteiger partial charge in [0.2, 0.25) is 0 Å². The number of hydrogen-bond donors (Lipinski definition) is 2. The van der Waals surface area contributed by atoms with E-state index in [1.54, 1.807) is 29.3 Å². The molecule has 1 aliphatic rings. The number of halogens is 1. The van der Waals surface area contributed by atoms with Crippen LogP contribution in [0.25, 0.3) is 21.9 Å². The third-order valence-corrected chi connectivity index (χ3v) is 4.98. The number of nitrogens with two attached hydrogens (primary N) is 1. The number of aryl methyl sites for hydroxylation is 1. The van der Waals surface area contributed by atoms with Crippen LogP contribution in [0.3, 0.4) is 0 Å². The van der Waals surface area contributed by atoms with Gasteiger partial charge in [0.05, 0.1) is 5.69 Å². The quantitative estimate of drug-likeness (QED) is 0.655. The van der Waals surface area contributed by atoms with Crippen molar-refractivity contribution in [3.05, 3.63) is 54.0 Å². The number of rotatable bonds is 3. The van der Waals surface area contributed by atoms with E-state index < -0.39 is 6.09 Å². The molecular formula is C21H21FN4O2. The van der Waals surface area contributed by atoms with Gasteiger partial charge in [0.15, 0.2) is 0 Å². The Kier molecular flexibility index (Phi) is 4.73. The number of carbonyl (C=O) groups is 1. The average Bonchev–Trinajstić information content (AvgIpc) is 3.21. The summed E-state index contributed by atoms with van der Waals surface area (Å²) in [7, 11) is 0. The van der Waals surface area contributed by atoms with Crippen LogP contribution in [0.2, 0.25) is 0 Å². The number of anilines is 2. The number of nitrogens with one attached hydrogen (secondary N) is 1. The lowest BCUT2D eigenvalue weighted by molar-refractivity contribution is 0.132. The largest absolute Gasteiger partial charge is 0.434 e. The number of aromatic nitrogens is 1. The Labute approximate surface area is 162 Å². The van der Waals surface area contributed by atoms with Crippen LogP contribution < -0.4 is 11.2 Å². The molecule has 0 spiro atoms. The molecule has 3 N–H and O–H groups in total. The van der Waals surface area contributed by atoms with Gasteiger partial charge in [-0.3, -0.25) is 0 Å². The van der Waals surface area contributed by atoms with Crippen molar-refractivity contribution in [2.75, 3.05) is 24.3 Å². The predicted molar refractivity (Wildman–Crippen MR) is 107 cm³/mol. The van der Waals surface area contributed by atoms with Crippen molar-refractivity contribution in [2.45, 2.75) is 19.8 Å². The first-order valence-electron chi connectivity index (χ1n) is 9.19. The summed E-state index contributed by atoms with van der Waals surface area (Å²) in [5.74, 6) is 0.0269. The van der Waals surface area contributed by atoms with Crippen LogP contribution in [-0.4, -0.2) is 29.1 Å². The zero-order chi connectivity index (χ0) is 19.7. The van der Waals surface area contributed by atoms with Gasteiger partial charge in [-0.2, -0.15) is 0 Å². The number of benzene rings is 2. The SMILES string of the molecule is Cc1cccc(F)c1-c1cc(NOC(=O)N2CCCC2)c2cc(N)ncc2c1. The zero-order valence-corrected chi connectivity index (χ0v) is 15.5. The molecule has 0 saturated carbocycles. The molecule has 0 bridgehead atoms. The lowest BCUT2D eigenvalue weighted by Crippen LogP contribution is -2.30. The molecule has 0 radical (unpaired) electrons. The van der Waals surface area contributed by atoms with E-state index in [-0.39, 0.29) is 5.82 Å². The maximum Gasteiger partial charge on any atom is 0.434 e. The van der Waals surface area contributed by atoms with E-state index in [9.17, 15) is 9.18 Å². The van der Waals surface area contributed by atoms with E-state index in [2.05, 4.69) is 10.5 Å². The molecule has 4 rings (SSSR count). The lowest BCUT2D eigenvalue weighted by Gasteiger charge is -2.17. The average molecular weight is 380 g/mol. The van der Waals surface area contributed by atoms with E-state index in [4.69, 9.17) is 10.6 Å². The molecule has 1 fully saturated rings. The van der Waals surface area contributed by atoms with Crippen molar-refractivity contribution in [2.24, 2.45) is 0 Å². The minimum Gasteiger partial charge on any atom is -0.384 e. The van der Waals surface area contributed by atoms with Crippen LogP contribution in [0.1, 0.15) is 18.4 Å². The van der Waals surface area contributed by atoms with Crippen molar-refractivity contribution in [1.82, 2.24) is 9.88 Å². The number of likely N-dealkylation sites (tertiary alicyclic amines) is 1. The summed E-state index contributed by atoms with van der Waals surface area (Å²) in [6.45, 7) is 3.23. The molecule has 7 heteroatoms. The van der Waals surface area contributed by atoms with Gasteiger partial charge in [0.1, 0.15) is 11.6 Å². The molecule has 2 heterocycles. The molecule has 1 aliphatic heterocycles. The molecule has 28 heavy (non-hydrogen) atoms. The molecule has 1 amide bonds. The minimum absolute atomic E-state index is 0.317. The van der Waals surface area contributed by atoms with Crippen molar-refractivity contribution < 1.29 is 14.0 Å². The molecule has 0 atom stereocenters. The molecule has 1 aromatic heterocycles. The van der Waals surface area contributed by atoms with Crippen LogP contribution in [0, 0.1) is 12.7 Å². The van der Waals surface area contributed by atoms with Gasteiger partial charge < -0.3 is 15.5 Å². The first-order chi connectivity index (χ1) is 13.5. The fraction of sp³-hybridized carbons (Fsp3) is 0.238. The molecule has 0 unspecified atom stereocenters. The third-order valence-electron chi connectivity index (χ3n) is 4.98. The Bertz CT molecular complexity index is 1030. The smallest absolute Gasteiger partial charge is 0.384 e. The summed E-state index contributed by atoms with van der Waals surface area (Å²) in [4.78, 5) is 23.3. The second-order valence-corrected chi connectivity index (χ2v) is 6.95. The van der Waals surface area contributed by atoms with Gasteiger partial charge in [-0.15, -0.1) is 0 Å². The fourth-order valence-electron chi connectivity index (χ4n) is 3.56. The summed E-state index contributed by atoms with van der Waals surface area (Å²) in [5, 5.41) is 1.49.